The molecule has 14 heteroatoms. The molecular formula is C21H15N4O8S2-. The molecule has 1 aromatic heterocycles. The Bertz CT molecular complexity index is 1300. The summed E-state index contributed by atoms with van der Waals surface area (Å²) in [5.74, 6) is -2.44. The van der Waals surface area contributed by atoms with Gasteiger partial charge in [-0.2, -0.15) is 0 Å². The SMILES string of the molecule is O=C(Cc1cccs1)N[C@@H]1C(=O)N2C(C(=O)[O-])=C(/C=C/c3ccc([N+](=O)[O-])cc3[N+](=O)[O-])CS[C@H]12. The highest BCUT2D eigenvalue weighted by Gasteiger charge is 2.52. The van der Waals surface area contributed by atoms with Crippen LogP contribution in [0.15, 0.2) is 53.1 Å². The van der Waals surface area contributed by atoms with Crippen molar-refractivity contribution in [2.24, 2.45) is 0 Å². The number of carbonyl (C=O) groups excluding carboxylic acids is 3. The lowest BCUT2D eigenvalue weighted by molar-refractivity contribution is -0.394. The fourth-order valence-corrected chi connectivity index (χ4v) is 5.71. The number of allylic oxidation sites excluding steroid dienone is 1. The average molecular weight is 516 g/mol. The number of fused-ring (bicyclic) bond motifs is 1. The topological polar surface area (TPSA) is 176 Å². The Labute approximate surface area is 205 Å². The number of hydrogen-bond acceptors (Lipinski definition) is 10. The molecule has 2 aliphatic heterocycles. The van der Waals surface area contributed by atoms with Gasteiger partial charge in [0, 0.05) is 16.7 Å². The van der Waals surface area contributed by atoms with E-state index in [0.29, 0.717) is 0 Å². The highest BCUT2D eigenvalue weighted by molar-refractivity contribution is 8.00. The molecule has 4 rings (SSSR count). The Hall–Kier alpha value is -4.04. The summed E-state index contributed by atoms with van der Waals surface area (Å²) in [6.07, 6.45) is 2.66. The summed E-state index contributed by atoms with van der Waals surface area (Å²) in [4.78, 5) is 59.4. The van der Waals surface area contributed by atoms with Crippen molar-refractivity contribution < 1.29 is 29.3 Å². The Morgan fingerprint density at radius 2 is 1.94 bits per heavy atom. The zero-order chi connectivity index (χ0) is 25.3. The lowest BCUT2D eigenvalue weighted by Crippen LogP contribution is -2.71. The van der Waals surface area contributed by atoms with E-state index in [0.717, 1.165) is 21.9 Å². The fraction of sp³-hybridized carbons (Fsp3) is 0.190. The van der Waals surface area contributed by atoms with Crippen molar-refractivity contribution in [1.82, 2.24) is 10.2 Å². The van der Waals surface area contributed by atoms with Crippen molar-refractivity contribution in [2.75, 3.05) is 5.75 Å². The van der Waals surface area contributed by atoms with Crippen LogP contribution in [0, 0.1) is 20.2 Å². The van der Waals surface area contributed by atoms with E-state index in [1.54, 1.807) is 12.1 Å². The van der Waals surface area contributed by atoms with Gasteiger partial charge >= 0.3 is 0 Å². The van der Waals surface area contributed by atoms with Gasteiger partial charge in [0.05, 0.1) is 39.6 Å². The van der Waals surface area contributed by atoms with E-state index in [2.05, 4.69) is 5.32 Å². The first-order valence-corrected chi connectivity index (χ1v) is 11.9. The molecule has 3 heterocycles. The maximum Gasteiger partial charge on any atom is 0.283 e. The largest absolute Gasteiger partial charge is 0.543 e. The number of nitrogens with zero attached hydrogens (tertiary/aromatic N) is 3. The number of amides is 2. The maximum absolute atomic E-state index is 12.7. The van der Waals surface area contributed by atoms with Gasteiger partial charge in [-0.1, -0.05) is 12.1 Å². The van der Waals surface area contributed by atoms with E-state index in [-0.39, 0.29) is 34.9 Å². The summed E-state index contributed by atoms with van der Waals surface area (Å²) >= 11 is 2.63. The lowest BCUT2D eigenvalue weighted by Gasteiger charge is -2.50. The molecule has 180 valence electrons. The molecule has 2 atom stereocenters. The van der Waals surface area contributed by atoms with Gasteiger partial charge < -0.3 is 15.2 Å². The fourth-order valence-electron chi connectivity index (χ4n) is 3.69. The molecule has 2 aliphatic rings. The first-order chi connectivity index (χ1) is 16.7. The van der Waals surface area contributed by atoms with Gasteiger partial charge in [-0.3, -0.25) is 34.7 Å². The Balaban J connectivity index is 1.55. The van der Waals surface area contributed by atoms with Gasteiger partial charge in [0.1, 0.15) is 11.4 Å². The van der Waals surface area contributed by atoms with Gasteiger partial charge in [-0.05, 0) is 29.2 Å². The molecule has 2 amide bonds. The summed E-state index contributed by atoms with van der Waals surface area (Å²) in [6, 6.07) is 5.79. The first-order valence-electron chi connectivity index (χ1n) is 9.99. The summed E-state index contributed by atoms with van der Waals surface area (Å²) in [5.41, 5.74) is -1.18. The van der Waals surface area contributed by atoms with Gasteiger partial charge in [0.25, 0.3) is 17.3 Å². The van der Waals surface area contributed by atoms with Crippen molar-refractivity contribution in [3.63, 3.8) is 0 Å². The minimum absolute atomic E-state index is 0.0200. The summed E-state index contributed by atoms with van der Waals surface area (Å²) in [6.45, 7) is 0. The van der Waals surface area contributed by atoms with Crippen LogP contribution in [0.1, 0.15) is 10.4 Å². The van der Waals surface area contributed by atoms with Crippen LogP contribution >= 0.6 is 23.1 Å². The number of thiophene rings is 1. The molecule has 12 nitrogen and oxygen atoms in total. The third-order valence-electron chi connectivity index (χ3n) is 5.31. The number of hydrogen-bond donors (Lipinski definition) is 1. The Morgan fingerprint density at radius 1 is 1.17 bits per heavy atom. The highest BCUT2D eigenvalue weighted by Crippen LogP contribution is 2.40. The van der Waals surface area contributed by atoms with Crippen LogP contribution < -0.4 is 10.4 Å². The average Bonchev–Trinajstić information content (AvgIpc) is 3.33. The van der Waals surface area contributed by atoms with Gasteiger partial charge in [-0.25, -0.2) is 0 Å². The molecule has 1 N–H and O–H groups in total. The van der Waals surface area contributed by atoms with E-state index < -0.39 is 44.5 Å². The highest BCUT2D eigenvalue weighted by atomic mass is 32.2. The Morgan fingerprint density at radius 3 is 2.57 bits per heavy atom. The quantitative estimate of drug-likeness (QED) is 0.308. The normalized spacial score (nSPS) is 19.3. The predicted molar refractivity (Wildman–Crippen MR) is 124 cm³/mol. The first kappa shape index (κ1) is 24.1. The van der Waals surface area contributed by atoms with E-state index in [4.69, 9.17) is 0 Å². The molecule has 35 heavy (non-hydrogen) atoms. The van der Waals surface area contributed by atoms with Crippen LogP contribution in [0.25, 0.3) is 6.08 Å². The molecule has 0 saturated carbocycles. The number of rotatable bonds is 8. The zero-order valence-corrected chi connectivity index (χ0v) is 19.2. The third kappa shape index (κ3) is 4.79. The summed E-state index contributed by atoms with van der Waals surface area (Å²) in [5, 5.41) is 37.9. The molecule has 0 bridgehead atoms. The second kappa shape index (κ2) is 9.68. The minimum Gasteiger partial charge on any atom is -0.543 e. The third-order valence-corrected chi connectivity index (χ3v) is 7.49. The number of nitro benzene ring substituents is 2. The van der Waals surface area contributed by atoms with Crippen LogP contribution in [0.5, 0.6) is 0 Å². The maximum atomic E-state index is 12.7. The number of non-ortho nitro benzene ring substituents is 1. The number of nitro groups is 2. The lowest BCUT2D eigenvalue weighted by atomic mass is 10.0. The van der Waals surface area contributed by atoms with Crippen molar-refractivity contribution in [3.05, 3.63) is 83.7 Å². The molecule has 0 unspecified atom stereocenters. The second-order valence-electron chi connectivity index (χ2n) is 7.46. The summed E-state index contributed by atoms with van der Waals surface area (Å²) < 4.78 is 0. The number of benzene rings is 1. The molecule has 1 aromatic carbocycles. The predicted octanol–water partition coefficient (Wildman–Crippen LogP) is 1.22. The van der Waals surface area contributed by atoms with E-state index in [1.165, 1.54) is 41.3 Å². The van der Waals surface area contributed by atoms with Crippen LogP contribution in [0.2, 0.25) is 0 Å². The number of nitrogens with one attached hydrogen (secondary N) is 1. The minimum atomic E-state index is -1.61. The van der Waals surface area contributed by atoms with Crippen LogP contribution in [0.3, 0.4) is 0 Å². The van der Waals surface area contributed by atoms with E-state index >= 15 is 0 Å². The number of β-lactam (4-membered cyclic amide) rings is 1. The number of carboxylic acids is 1. The Kier molecular flexibility index (Phi) is 6.66. The molecule has 1 fully saturated rings. The van der Waals surface area contributed by atoms with E-state index in [1.807, 2.05) is 5.38 Å². The molecule has 0 spiro atoms. The molecule has 0 radical (unpaired) electrons. The number of aliphatic carboxylic acids is 1. The molecule has 2 aromatic rings. The van der Waals surface area contributed by atoms with Gasteiger partial charge in [0.2, 0.25) is 5.91 Å². The zero-order valence-electron chi connectivity index (χ0n) is 17.6. The van der Waals surface area contributed by atoms with Crippen molar-refractivity contribution in [2.45, 2.75) is 17.8 Å². The van der Waals surface area contributed by atoms with Gasteiger partial charge in [-0.15, -0.1) is 23.1 Å². The van der Waals surface area contributed by atoms with E-state index in [9.17, 15) is 39.7 Å². The molecular weight excluding hydrogens is 500 g/mol. The van der Waals surface area contributed by atoms with Crippen LogP contribution in [-0.4, -0.2) is 49.7 Å². The smallest absolute Gasteiger partial charge is 0.283 e. The summed E-state index contributed by atoms with van der Waals surface area (Å²) in [7, 11) is 0. The molecule has 1 saturated heterocycles. The van der Waals surface area contributed by atoms with Crippen molar-refractivity contribution >= 4 is 58.3 Å². The number of thioether (sulfide) groups is 1. The van der Waals surface area contributed by atoms with Crippen molar-refractivity contribution in [3.8, 4) is 0 Å². The molecule has 0 aliphatic carbocycles. The monoisotopic (exact) mass is 515 g/mol. The standard InChI is InChI=1S/C21H16N4O8S2/c26-16(9-14-2-1-7-34-14)22-17-19(27)23-18(21(28)29)12(10-35-20(17)23)4-3-11-5-6-13(24(30)31)8-15(11)25(32)33/h1-8,17,20H,9-10H2,(H,22,26)(H,28,29)/p-1/b4-3+/t17-,20-/m1/s1. The number of carboxylic acid groups (broad SMARTS) is 1. The second-order valence-corrected chi connectivity index (χ2v) is 9.60. The number of carbonyl (C=O) groups is 3. The van der Waals surface area contributed by atoms with Crippen LogP contribution in [-0.2, 0) is 20.8 Å². The van der Waals surface area contributed by atoms with Gasteiger partial charge in [0.15, 0.2) is 0 Å². The van der Waals surface area contributed by atoms with Crippen LogP contribution in [0.4, 0.5) is 11.4 Å². The van der Waals surface area contributed by atoms with Crippen molar-refractivity contribution in [1.29, 1.82) is 0 Å².